The quantitative estimate of drug-likeness (QED) is 0.776. The highest BCUT2D eigenvalue weighted by molar-refractivity contribution is 5.79. The van der Waals surface area contributed by atoms with Crippen LogP contribution in [-0.4, -0.2) is 14.9 Å². The summed E-state index contributed by atoms with van der Waals surface area (Å²) in [6.45, 7) is 1.01. The summed E-state index contributed by atoms with van der Waals surface area (Å²) in [5.74, 6) is -0.822. The van der Waals surface area contributed by atoms with E-state index >= 15 is 0 Å². The van der Waals surface area contributed by atoms with E-state index in [-0.39, 0.29) is 23.2 Å². The molecule has 0 amide bonds. The molecule has 2 aromatic rings. The monoisotopic (exact) mass is 250 g/mol. The van der Waals surface area contributed by atoms with Crippen molar-refractivity contribution in [3.05, 3.63) is 44.9 Å². The maximum Gasteiger partial charge on any atom is 0.331 e. The molecule has 0 unspecified atom stereocenters. The smallest absolute Gasteiger partial charge is 0.298 e. The number of Topliss-reactive ketones (excluding diaryl/α,β-unsaturated/α-hetero) is 1. The summed E-state index contributed by atoms with van der Waals surface area (Å²) in [6.07, 6.45) is 0. The molecule has 6 heteroatoms. The molecular weight excluding hydrogens is 239 g/mol. The van der Waals surface area contributed by atoms with Gasteiger partial charge >= 0.3 is 5.69 Å². The number of ketones is 1. The number of aromatic nitrogens is 2. The highest BCUT2D eigenvalue weighted by atomic mass is 19.1. The van der Waals surface area contributed by atoms with Gasteiger partial charge in [-0.3, -0.25) is 18.7 Å². The SMILES string of the molecule is CC(=O)Cn1c(=O)c2ccc(F)cc2n(C)c1=O. The molecule has 0 spiro atoms. The largest absolute Gasteiger partial charge is 0.331 e. The molecule has 0 saturated carbocycles. The van der Waals surface area contributed by atoms with Gasteiger partial charge in [-0.05, 0) is 25.1 Å². The van der Waals surface area contributed by atoms with Gasteiger partial charge in [0.15, 0.2) is 0 Å². The van der Waals surface area contributed by atoms with Crippen LogP contribution < -0.4 is 11.2 Å². The fraction of sp³-hybridized carbons (Fsp3) is 0.250. The topological polar surface area (TPSA) is 61.1 Å². The van der Waals surface area contributed by atoms with E-state index in [0.717, 1.165) is 21.3 Å². The molecule has 0 aliphatic carbocycles. The summed E-state index contributed by atoms with van der Waals surface area (Å²) in [6, 6.07) is 3.58. The zero-order chi connectivity index (χ0) is 13.4. The summed E-state index contributed by atoms with van der Waals surface area (Å²) in [5.41, 5.74) is -0.999. The lowest BCUT2D eigenvalue weighted by Crippen LogP contribution is -2.40. The lowest BCUT2D eigenvalue weighted by atomic mass is 10.2. The van der Waals surface area contributed by atoms with E-state index in [9.17, 15) is 18.8 Å². The summed E-state index contributed by atoms with van der Waals surface area (Å²) in [4.78, 5) is 35.0. The van der Waals surface area contributed by atoms with Crippen LogP contribution in [0.2, 0.25) is 0 Å². The lowest BCUT2D eigenvalue weighted by molar-refractivity contribution is -0.117. The Kier molecular flexibility index (Phi) is 2.86. The molecule has 0 atom stereocenters. The Balaban J connectivity index is 2.92. The second-order valence-electron chi connectivity index (χ2n) is 4.10. The predicted octanol–water partition coefficient (Wildman–Crippen LogP) is 0.428. The first-order valence-electron chi connectivity index (χ1n) is 5.30. The molecule has 0 aliphatic heterocycles. The van der Waals surface area contributed by atoms with Crippen LogP contribution in [0.3, 0.4) is 0 Å². The van der Waals surface area contributed by atoms with Crippen molar-refractivity contribution in [3.8, 4) is 0 Å². The molecule has 1 heterocycles. The minimum atomic E-state index is -0.631. The minimum Gasteiger partial charge on any atom is -0.298 e. The lowest BCUT2D eigenvalue weighted by Gasteiger charge is -2.09. The van der Waals surface area contributed by atoms with E-state index in [1.807, 2.05) is 0 Å². The van der Waals surface area contributed by atoms with Crippen molar-refractivity contribution >= 4 is 16.7 Å². The minimum absolute atomic E-state index is 0.208. The van der Waals surface area contributed by atoms with Crippen LogP contribution in [0.1, 0.15) is 6.92 Å². The van der Waals surface area contributed by atoms with Gasteiger partial charge in [0.1, 0.15) is 11.6 Å². The molecule has 0 radical (unpaired) electrons. The molecule has 0 N–H and O–H groups in total. The molecule has 0 fully saturated rings. The van der Waals surface area contributed by atoms with Crippen molar-refractivity contribution in [2.75, 3.05) is 0 Å². The number of carbonyl (C=O) groups is 1. The third-order valence-electron chi connectivity index (χ3n) is 2.70. The van der Waals surface area contributed by atoms with Gasteiger partial charge in [0.2, 0.25) is 0 Å². The molecule has 18 heavy (non-hydrogen) atoms. The summed E-state index contributed by atoms with van der Waals surface area (Å²) in [5, 5.41) is 0.208. The van der Waals surface area contributed by atoms with Crippen molar-refractivity contribution in [1.82, 2.24) is 9.13 Å². The fourth-order valence-electron chi connectivity index (χ4n) is 1.84. The van der Waals surface area contributed by atoms with E-state index < -0.39 is 17.1 Å². The molecule has 0 saturated heterocycles. The van der Waals surface area contributed by atoms with E-state index in [0.29, 0.717) is 0 Å². The Morgan fingerprint density at radius 1 is 1.33 bits per heavy atom. The van der Waals surface area contributed by atoms with Gasteiger partial charge in [-0.1, -0.05) is 0 Å². The second kappa shape index (κ2) is 4.21. The van der Waals surface area contributed by atoms with Crippen molar-refractivity contribution in [3.63, 3.8) is 0 Å². The number of rotatable bonds is 2. The Bertz CT molecular complexity index is 758. The number of nitrogens with zero attached hydrogens (tertiary/aromatic N) is 2. The molecule has 1 aromatic heterocycles. The maximum absolute atomic E-state index is 13.1. The van der Waals surface area contributed by atoms with E-state index in [2.05, 4.69) is 0 Å². The van der Waals surface area contributed by atoms with Gasteiger partial charge in [-0.2, -0.15) is 0 Å². The second-order valence-corrected chi connectivity index (χ2v) is 4.10. The molecule has 1 aromatic carbocycles. The van der Waals surface area contributed by atoms with Gasteiger partial charge < -0.3 is 0 Å². The average Bonchev–Trinajstić information content (AvgIpc) is 2.31. The summed E-state index contributed by atoms with van der Waals surface area (Å²) < 4.78 is 15.1. The van der Waals surface area contributed by atoms with Gasteiger partial charge in [-0.15, -0.1) is 0 Å². The Morgan fingerprint density at radius 2 is 2.00 bits per heavy atom. The van der Waals surface area contributed by atoms with E-state index in [4.69, 9.17) is 0 Å². The fourth-order valence-corrected chi connectivity index (χ4v) is 1.84. The van der Waals surface area contributed by atoms with E-state index in [1.165, 1.54) is 20.0 Å². The molecule has 94 valence electrons. The Morgan fingerprint density at radius 3 is 2.61 bits per heavy atom. The zero-order valence-corrected chi connectivity index (χ0v) is 9.94. The van der Waals surface area contributed by atoms with Crippen molar-refractivity contribution < 1.29 is 9.18 Å². The summed E-state index contributed by atoms with van der Waals surface area (Å²) >= 11 is 0. The number of carbonyl (C=O) groups excluding carboxylic acids is 1. The molecule has 5 nitrogen and oxygen atoms in total. The normalized spacial score (nSPS) is 10.8. The third kappa shape index (κ3) is 1.85. The molecule has 0 bridgehead atoms. The van der Waals surface area contributed by atoms with Crippen LogP contribution in [0.5, 0.6) is 0 Å². The highest BCUT2D eigenvalue weighted by Gasteiger charge is 2.12. The van der Waals surface area contributed by atoms with Crippen molar-refractivity contribution in [1.29, 1.82) is 0 Å². The summed E-state index contributed by atoms with van der Waals surface area (Å²) in [7, 11) is 1.43. The van der Waals surface area contributed by atoms with Gasteiger partial charge in [-0.25, -0.2) is 9.18 Å². The van der Waals surface area contributed by atoms with Crippen LogP contribution >= 0.6 is 0 Å². The van der Waals surface area contributed by atoms with E-state index in [1.54, 1.807) is 0 Å². The first-order valence-corrected chi connectivity index (χ1v) is 5.30. The third-order valence-corrected chi connectivity index (χ3v) is 2.70. The van der Waals surface area contributed by atoms with Gasteiger partial charge in [0.05, 0.1) is 17.4 Å². The first-order chi connectivity index (χ1) is 8.41. The number of benzene rings is 1. The Hall–Kier alpha value is -2.24. The van der Waals surface area contributed by atoms with Gasteiger partial charge in [0, 0.05) is 7.05 Å². The van der Waals surface area contributed by atoms with Gasteiger partial charge in [0.25, 0.3) is 5.56 Å². The Labute approximate surface area is 101 Å². The highest BCUT2D eigenvalue weighted by Crippen LogP contribution is 2.09. The van der Waals surface area contributed by atoms with Crippen LogP contribution in [-0.2, 0) is 18.4 Å². The van der Waals surface area contributed by atoms with Crippen LogP contribution in [0.25, 0.3) is 10.9 Å². The standard InChI is InChI=1S/C12H11FN2O3/c1-7(16)6-15-11(17)9-4-3-8(13)5-10(9)14(2)12(15)18/h3-5H,6H2,1-2H3. The first kappa shape index (κ1) is 12.2. The van der Waals surface area contributed by atoms with Crippen LogP contribution in [0.4, 0.5) is 4.39 Å². The molecular formula is C12H11FN2O3. The van der Waals surface area contributed by atoms with Crippen LogP contribution in [0.15, 0.2) is 27.8 Å². The molecule has 2 rings (SSSR count). The predicted molar refractivity (Wildman–Crippen MR) is 64.1 cm³/mol. The van der Waals surface area contributed by atoms with Crippen molar-refractivity contribution in [2.45, 2.75) is 13.5 Å². The number of halogens is 1. The zero-order valence-electron chi connectivity index (χ0n) is 9.94. The number of fused-ring (bicyclic) bond motifs is 1. The average molecular weight is 250 g/mol. The van der Waals surface area contributed by atoms with Crippen LogP contribution in [0, 0.1) is 5.82 Å². The number of hydrogen-bond donors (Lipinski definition) is 0. The molecule has 0 aliphatic rings. The number of aryl methyl sites for hydroxylation is 1. The van der Waals surface area contributed by atoms with Crippen molar-refractivity contribution in [2.24, 2.45) is 7.05 Å². The number of hydrogen-bond acceptors (Lipinski definition) is 3. The maximum atomic E-state index is 13.1.